The third kappa shape index (κ3) is 8.32. The summed E-state index contributed by atoms with van der Waals surface area (Å²) in [7, 11) is 0. The van der Waals surface area contributed by atoms with Gasteiger partial charge in [-0.25, -0.2) is 0 Å². The number of carbonyl (C=O) groups is 3. The quantitative estimate of drug-likeness (QED) is 0.656. The van der Waals surface area contributed by atoms with E-state index in [1.807, 2.05) is 27.7 Å². The van der Waals surface area contributed by atoms with Crippen LogP contribution >= 0.6 is 0 Å². The summed E-state index contributed by atoms with van der Waals surface area (Å²) in [5, 5.41) is 8.90. The van der Waals surface area contributed by atoms with Crippen LogP contribution in [0, 0.1) is 23.7 Å². The van der Waals surface area contributed by atoms with Crippen molar-refractivity contribution in [3.8, 4) is 0 Å². The normalized spacial score (nSPS) is 13.9. The van der Waals surface area contributed by atoms with Crippen LogP contribution in [0.1, 0.15) is 41.0 Å². The maximum atomic E-state index is 12.0. The number of rotatable bonds is 9. The molecular formula is C15H26O6. The third-order valence-corrected chi connectivity index (χ3v) is 2.79. The molecule has 0 aromatic rings. The lowest BCUT2D eigenvalue weighted by atomic mass is 9.91. The van der Waals surface area contributed by atoms with E-state index in [0.717, 1.165) is 0 Å². The molecule has 0 aliphatic rings. The van der Waals surface area contributed by atoms with Gasteiger partial charge in [0.15, 0.2) is 0 Å². The SMILES string of the molecule is CC(C)COC(=O)C(C)C(CC(=O)O)C(=O)OCC(C)C. The first kappa shape index (κ1) is 19.4. The molecule has 0 aliphatic heterocycles. The van der Waals surface area contributed by atoms with E-state index in [0.29, 0.717) is 0 Å². The minimum atomic E-state index is -1.15. The molecule has 0 bridgehead atoms. The average molecular weight is 302 g/mol. The monoisotopic (exact) mass is 302 g/mol. The highest BCUT2D eigenvalue weighted by molar-refractivity contribution is 5.85. The molecule has 0 spiro atoms. The number of carboxylic acid groups (broad SMARTS) is 1. The van der Waals surface area contributed by atoms with Gasteiger partial charge in [-0.05, 0) is 11.8 Å². The summed E-state index contributed by atoms with van der Waals surface area (Å²) < 4.78 is 10.1. The van der Waals surface area contributed by atoms with Crippen molar-refractivity contribution in [2.75, 3.05) is 13.2 Å². The average Bonchev–Trinajstić information content (AvgIpc) is 2.38. The summed E-state index contributed by atoms with van der Waals surface area (Å²) in [6, 6.07) is 0. The van der Waals surface area contributed by atoms with Gasteiger partial charge in [0.05, 0.1) is 31.5 Å². The Morgan fingerprint density at radius 2 is 1.29 bits per heavy atom. The molecule has 21 heavy (non-hydrogen) atoms. The van der Waals surface area contributed by atoms with Crippen LogP contribution in [0.25, 0.3) is 0 Å². The summed E-state index contributed by atoms with van der Waals surface area (Å²) in [6.45, 7) is 9.46. The minimum absolute atomic E-state index is 0.141. The second kappa shape index (κ2) is 9.37. The zero-order valence-corrected chi connectivity index (χ0v) is 13.4. The van der Waals surface area contributed by atoms with E-state index in [4.69, 9.17) is 14.6 Å². The van der Waals surface area contributed by atoms with Crippen LogP contribution in [0.15, 0.2) is 0 Å². The van der Waals surface area contributed by atoms with Crippen LogP contribution in [0.4, 0.5) is 0 Å². The van der Waals surface area contributed by atoms with E-state index in [1.165, 1.54) is 6.92 Å². The Hall–Kier alpha value is -1.59. The van der Waals surface area contributed by atoms with E-state index in [2.05, 4.69) is 0 Å². The fourth-order valence-corrected chi connectivity index (χ4v) is 1.55. The molecule has 0 rings (SSSR count). The largest absolute Gasteiger partial charge is 0.481 e. The summed E-state index contributed by atoms with van der Waals surface area (Å²) in [4.78, 5) is 34.7. The zero-order valence-electron chi connectivity index (χ0n) is 13.4. The smallest absolute Gasteiger partial charge is 0.310 e. The van der Waals surface area contributed by atoms with Gasteiger partial charge in [-0.3, -0.25) is 14.4 Å². The Bertz CT molecular complexity index is 361. The predicted octanol–water partition coefficient (Wildman–Crippen LogP) is 2.11. The number of esters is 2. The van der Waals surface area contributed by atoms with Crippen molar-refractivity contribution in [1.29, 1.82) is 0 Å². The molecule has 0 aromatic carbocycles. The Kier molecular flexibility index (Phi) is 8.66. The maximum Gasteiger partial charge on any atom is 0.310 e. The summed E-state index contributed by atoms with van der Waals surface area (Å²) in [5.41, 5.74) is 0. The van der Waals surface area contributed by atoms with E-state index in [9.17, 15) is 14.4 Å². The van der Waals surface area contributed by atoms with Crippen molar-refractivity contribution in [3.63, 3.8) is 0 Å². The molecule has 2 unspecified atom stereocenters. The van der Waals surface area contributed by atoms with Crippen molar-refractivity contribution in [1.82, 2.24) is 0 Å². The van der Waals surface area contributed by atoms with Gasteiger partial charge >= 0.3 is 17.9 Å². The fraction of sp³-hybridized carbons (Fsp3) is 0.800. The zero-order chi connectivity index (χ0) is 16.6. The van der Waals surface area contributed by atoms with Crippen LogP contribution in [-0.2, 0) is 23.9 Å². The second-order valence-electron chi connectivity index (χ2n) is 6.04. The third-order valence-electron chi connectivity index (χ3n) is 2.79. The predicted molar refractivity (Wildman–Crippen MR) is 76.5 cm³/mol. The molecule has 0 amide bonds. The van der Waals surface area contributed by atoms with Crippen LogP contribution in [0.3, 0.4) is 0 Å². The van der Waals surface area contributed by atoms with Crippen molar-refractivity contribution >= 4 is 17.9 Å². The number of hydrogen-bond acceptors (Lipinski definition) is 5. The summed E-state index contributed by atoms with van der Waals surface area (Å²) in [5.74, 6) is -3.95. The van der Waals surface area contributed by atoms with Crippen LogP contribution in [-0.4, -0.2) is 36.2 Å². The van der Waals surface area contributed by atoms with E-state index < -0.39 is 36.2 Å². The highest BCUT2D eigenvalue weighted by atomic mass is 16.5. The molecule has 1 N–H and O–H groups in total. The van der Waals surface area contributed by atoms with Gasteiger partial charge < -0.3 is 14.6 Å². The first-order valence-electron chi connectivity index (χ1n) is 7.20. The van der Waals surface area contributed by atoms with Crippen LogP contribution in [0.5, 0.6) is 0 Å². The molecule has 6 nitrogen and oxygen atoms in total. The van der Waals surface area contributed by atoms with Gasteiger partial charge in [0, 0.05) is 0 Å². The lowest BCUT2D eigenvalue weighted by molar-refractivity contribution is -0.163. The van der Waals surface area contributed by atoms with Gasteiger partial charge in [-0.2, -0.15) is 0 Å². The number of carboxylic acids is 1. The summed E-state index contributed by atoms with van der Waals surface area (Å²) >= 11 is 0. The number of carbonyl (C=O) groups excluding carboxylic acids is 2. The first-order chi connectivity index (χ1) is 9.65. The van der Waals surface area contributed by atoms with Crippen LogP contribution < -0.4 is 0 Å². The van der Waals surface area contributed by atoms with Crippen molar-refractivity contribution in [2.24, 2.45) is 23.7 Å². The van der Waals surface area contributed by atoms with Crippen LogP contribution in [0.2, 0.25) is 0 Å². The van der Waals surface area contributed by atoms with Crippen molar-refractivity contribution in [2.45, 2.75) is 41.0 Å². The molecule has 0 radical (unpaired) electrons. The molecule has 0 aliphatic carbocycles. The number of hydrogen-bond donors (Lipinski definition) is 1. The first-order valence-corrected chi connectivity index (χ1v) is 7.20. The van der Waals surface area contributed by atoms with Crippen molar-refractivity contribution < 1.29 is 29.0 Å². The standard InChI is InChI=1S/C15H26O6/c1-9(2)7-20-14(18)11(5)12(6-13(16)17)15(19)21-8-10(3)4/h9-12H,6-8H2,1-5H3,(H,16,17). The van der Waals surface area contributed by atoms with E-state index in [-0.39, 0.29) is 25.0 Å². The molecule has 122 valence electrons. The highest BCUT2D eigenvalue weighted by Crippen LogP contribution is 2.20. The molecule has 0 fully saturated rings. The summed E-state index contributed by atoms with van der Waals surface area (Å²) in [6.07, 6.45) is -0.450. The maximum absolute atomic E-state index is 12.0. The number of aliphatic carboxylic acids is 1. The second-order valence-corrected chi connectivity index (χ2v) is 6.04. The highest BCUT2D eigenvalue weighted by Gasteiger charge is 2.34. The molecule has 2 atom stereocenters. The lowest BCUT2D eigenvalue weighted by Gasteiger charge is -2.21. The molecular weight excluding hydrogens is 276 g/mol. The molecule has 0 aromatic heterocycles. The van der Waals surface area contributed by atoms with Gasteiger partial charge in [-0.1, -0.05) is 34.6 Å². The lowest BCUT2D eigenvalue weighted by Crippen LogP contribution is -2.33. The molecule has 0 saturated heterocycles. The molecule has 0 heterocycles. The van der Waals surface area contributed by atoms with Crippen molar-refractivity contribution in [3.05, 3.63) is 0 Å². The topological polar surface area (TPSA) is 89.9 Å². The Morgan fingerprint density at radius 3 is 1.67 bits per heavy atom. The Balaban J connectivity index is 4.75. The van der Waals surface area contributed by atoms with Gasteiger partial charge in [0.25, 0.3) is 0 Å². The minimum Gasteiger partial charge on any atom is -0.481 e. The number of ether oxygens (including phenoxy) is 2. The Labute approximate surface area is 125 Å². The Morgan fingerprint density at radius 1 is 0.857 bits per heavy atom. The van der Waals surface area contributed by atoms with Gasteiger partial charge in [-0.15, -0.1) is 0 Å². The molecule has 6 heteroatoms. The molecule has 0 saturated carbocycles. The van der Waals surface area contributed by atoms with E-state index >= 15 is 0 Å². The van der Waals surface area contributed by atoms with Gasteiger partial charge in [0.1, 0.15) is 0 Å². The fourth-order valence-electron chi connectivity index (χ4n) is 1.55. The van der Waals surface area contributed by atoms with E-state index in [1.54, 1.807) is 0 Å². The van der Waals surface area contributed by atoms with Gasteiger partial charge in [0.2, 0.25) is 0 Å².